The molecule has 88 valence electrons. The fourth-order valence-corrected chi connectivity index (χ4v) is 1.60. The highest BCUT2D eigenvalue weighted by Gasteiger charge is 2.27. The van der Waals surface area contributed by atoms with Crippen LogP contribution in [0.1, 0.15) is 26.7 Å². The number of carboxylic acids is 1. The van der Waals surface area contributed by atoms with Gasteiger partial charge in [0.05, 0.1) is 12.0 Å². The first-order valence-electron chi connectivity index (χ1n) is 5.54. The van der Waals surface area contributed by atoms with Crippen molar-refractivity contribution in [1.82, 2.24) is 5.32 Å². The first-order valence-corrected chi connectivity index (χ1v) is 5.54. The molecule has 0 bridgehead atoms. The second-order valence-corrected chi connectivity index (χ2v) is 4.89. The van der Waals surface area contributed by atoms with Crippen LogP contribution in [0.4, 0.5) is 0 Å². The van der Waals surface area contributed by atoms with Gasteiger partial charge in [-0.25, -0.2) is 0 Å². The zero-order valence-electron chi connectivity index (χ0n) is 9.58. The van der Waals surface area contributed by atoms with Gasteiger partial charge < -0.3 is 15.2 Å². The number of ether oxygens (including phenoxy) is 1. The SMILES string of the molecule is CC(C)(COCCC1CCNC1)C(=O)O. The Kier molecular flexibility index (Phi) is 4.54. The minimum atomic E-state index is -0.801. The van der Waals surface area contributed by atoms with Crippen molar-refractivity contribution in [3.63, 3.8) is 0 Å². The van der Waals surface area contributed by atoms with Crippen LogP contribution in [0, 0.1) is 11.3 Å². The van der Waals surface area contributed by atoms with Crippen molar-refractivity contribution < 1.29 is 14.6 Å². The molecule has 4 nitrogen and oxygen atoms in total. The van der Waals surface area contributed by atoms with Gasteiger partial charge in [0.1, 0.15) is 0 Å². The smallest absolute Gasteiger partial charge is 0.311 e. The summed E-state index contributed by atoms with van der Waals surface area (Å²) in [6.45, 7) is 6.52. The third-order valence-electron chi connectivity index (χ3n) is 2.87. The second kappa shape index (κ2) is 5.47. The van der Waals surface area contributed by atoms with Gasteiger partial charge in [0.25, 0.3) is 0 Å². The van der Waals surface area contributed by atoms with Gasteiger partial charge in [-0.2, -0.15) is 0 Å². The molecule has 1 aliphatic rings. The summed E-state index contributed by atoms with van der Waals surface area (Å²) >= 11 is 0. The van der Waals surface area contributed by atoms with Crippen molar-refractivity contribution in [1.29, 1.82) is 0 Å². The summed E-state index contributed by atoms with van der Waals surface area (Å²) in [7, 11) is 0. The van der Waals surface area contributed by atoms with Crippen molar-refractivity contribution in [2.24, 2.45) is 11.3 Å². The van der Waals surface area contributed by atoms with Gasteiger partial charge in [0.2, 0.25) is 0 Å². The molecule has 0 amide bonds. The fourth-order valence-electron chi connectivity index (χ4n) is 1.60. The Labute approximate surface area is 91.0 Å². The summed E-state index contributed by atoms with van der Waals surface area (Å²) in [5.74, 6) is -0.0945. The van der Waals surface area contributed by atoms with E-state index >= 15 is 0 Å². The molecule has 0 aromatic heterocycles. The molecule has 0 aromatic rings. The Morgan fingerprint density at radius 3 is 2.87 bits per heavy atom. The highest BCUT2D eigenvalue weighted by atomic mass is 16.5. The largest absolute Gasteiger partial charge is 0.481 e. The van der Waals surface area contributed by atoms with Gasteiger partial charge >= 0.3 is 5.97 Å². The molecule has 15 heavy (non-hydrogen) atoms. The van der Waals surface area contributed by atoms with E-state index in [2.05, 4.69) is 5.32 Å². The number of rotatable bonds is 6. The van der Waals surface area contributed by atoms with Gasteiger partial charge in [-0.3, -0.25) is 4.79 Å². The van der Waals surface area contributed by atoms with Crippen LogP contribution in [0.25, 0.3) is 0 Å². The molecule has 1 unspecified atom stereocenters. The third kappa shape index (κ3) is 4.18. The van der Waals surface area contributed by atoms with Crippen molar-refractivity contribution in [3.8, 4) is 0 Å². The number of hydrogen-bond acceptors (Lipinski definition) is 3. The molecule has 0 radical (unpaired) electrons. The van der Waals surface area contributed by atoms with Crippen molar-refractivity contribution >= 4 is 5.97 Å². The summed E-state index contributed by atoms with van der Waals surface area (Å²) in [5.41, 5.74) is -0.770. The molecule has 0 spiro atoms. The molecule has 0 aromatic carbocycles. The monoisotopic (exact) mass is 215 g/mol. The number of carbonyl (C=O) groups is 1. The number of aliphatic carboxylic acids is 1. The molecule has 1 rings (SSSR count). The molecule has 1 saturated heterocycles. The van der Waals surface area contributed by atoms with Gasteiger partial charge in [-0.15, -0.1) is 0 Å². The summed E-state index contributed by atoms with van der Waals surface area (Å²) in [4.78, 5) is 10.8. The number of carboxylic acid groups (broad SMARTS) is 1. The summed E-state index contributed by atoms with van der Waals surface area (Å²) in [6.07, 6.45) is 2.24. The van der Waals surface area contributed by atoms with E-state index in [0.29, 0.717) is 19.1 Å². The molecule has 1 aliphatic heterocycles. The lowest BCUT2D eigenvalue weighted by atomic mass is 9.95. The summed E-state index contributed by atoms with van der Waals surface area (Å²) < 4.78 is 5.41. The number of hydrogen-bond donors (Lipinski definition) is 2. The average Bonchev–Trinajstić information content (AvgIpc) is 2.64. The molecule has 4 heteroatoms. The molecule has 1 fully saturated rings. The van der Waals surface area contributed by atoms with E-state index < -0.39 is 11.4 Å². The predicted molar refractivity (Wildman–Crippen MR) is 57.8 cm³/mol. The molecule has 0 aliphatic carbocycles. The van der Waals surface area contributed by atoms with Crippen molar-refractivity contribution in [3.05, 3.63) is 0 Å². The van der Waals surface area contributed by atoms with E-state index in [1.807, 2.05) is 0 Å². The van der Waals surface area contributed by atoms with E-state index in [-0.39, 0.29) is 0 Å². The molecule has 2 N–H and O–H groups in total. The van der Waals surface area contributed by atoms with Crippen LogP contribution in [-0.2, 0) is 9.53 Å². The van der Waals surface area contributed by atoms with Crippen molar-refractivity contribution in [2.75, 3.05) is 26.3 Å². The van der Waals surface area contributed by atoms with E-state index in [0.717, 1.165) is 19.5 Å². The topological polar surface area (TPSA) is 58.6 Å². The van der Waals surface area contributed by atoms with Crippen LogP contribution >= 0.6 is 0 Å². The van der Waals surface area contributed by atoms with E-state index in [1.165, 1.54) is 6.42 Å². The maximum absolute atomic E-state index is 10.8. The molecule has 0 saturated carbocycles. The molecule has 1 heterocycles. The van der Waals surface area contributed by atoms with Crippen LogP contribution in [0.3, 0.4) is 0 Å². The van der Waals surface area contributed by atoms with Crippen LogP contribution in [0.5, 0.6) is 0 Å². The Morgan fingerprint density at radius 1 is 1.60 bits per heavy atom. The molecule has 1 atom stereocenters. The van der Waals surface area contributed by atoms with Gasteiger partial charge in [-0.1, -0.05) is 0 Å². The summed E-state index contributed by atoms with van der Waals surface area (Å²) in [6, 6.07) is 0. The van der Waals surface area contributed by atoms with Crippen LogP contribution in [0.15, 0.2) is 0 Å². The third-order valence-corrected chi connectivity index (χ3v) is 2.87. The Bertz CT molecular complexity index is 210. The lowest BCUT2D eigenvalue weighted by Crippen LogP contribution is -2.29. The second-order valence-electron chi connectivity index (χ2n) is 4.89. The van der Waals surface area contributed by atoms with Gasteiger partial charge in [-0.05, 0) is 45.7 Å². The highest BCUT2D eigenvalue weighted by molar-refractivity contribution is 5.73. The number of nitrogens with one attached hydrogen (secondary N) is 1. The minimum absolute atomic E-state index is 0.294. The van der Waals surface area contributed by atoms with Gasteiger partial charge in [0.15, 0.2) is 0 Å². The Balaban J connectivity index is 2.08. The molecular formula is C11H21NO3. The normalized spacial score (nSPS) is 21.9. The average molecular weight is 215 g/mol. The van der Waals surface area contributed by atoms with E-state index in [9.17, 15) is 4.79 Å². The Morgan fingerprint density at radius 2 is 2.33 bits per heavy atom. The van der Waals surface area contributed by atoms with Crippen LogP contribution in [0.2, 0.25) is 0 Å². The van der Waals surface area contributed by atoms with E-state index in [1.54, 1.807) is 13.8 Å². The lowest BCUT2D eigenvalue weighted by Gasteiger charge is -2.19. The van der Waals surface area contributed by atoms with Crippen LogP contribution in [-0.4, -0.2) is 37.4 Å². The summed E-state index contributed by atoms with van der Waals surface area (Å²) in [5, 5.41) is 12.2. The zero-order valence-corrected chi connectivity index (χ0v) is 9.58. The zero-order chi connectivity index (χ0) is 11.3. The maximum Gasteiger partial charge on any atom is 0.311 e. The first kappa shape index (κ1) is 12.5. The fraction of sp³-hybridized carbons (Fsp3) is 0.909. The quantitative estimate of drug-likeness (QED) is 0.652. The predicted octanol–water partition coefficient (Wildman–Crippen LogP) is 1.11. The Hall–Kier alpha value is -0.610. The van der Waals surface area contributed by atoms with E-state index in [4.69, 9.17) is 9.84 Å². The van der Waals surface area contributed by atoms with Crippen LogP contribution < -0.4 is 5.32 Å². The van der Waals surface area contributed by atoms with Gasteiger partial charge in [0, 0.05) is 6.61 Å². The molecular weight excluding hydrogens is 194 g/mol. The minimum Gasteiger partial charge on any atom is -0.481 e. The standard InChI is InChI=1S/C11H21NO3/c1-11(2,10(13)14)8-15-6-4-9-3-5-12-7-9/h9,12H,3-8H2,1-2H3,(H,13,14). The lowest BCUT2D eigenvalue weighted by molar-refractivity contribution is -0.150. The highest BCUT2D eigenvalue weighted by Crippen LogP contribution is 2.17. The maximum atomic E-state index is 10.8. The van der Waals surface area contributed by atoms with Crippen molar-refractivity contribution in [2.45, 2.75) is 26.7 Å². The first-order chi connectivity index (χ1) is 7.02.